The van der Waals surface area contributed by atoms with E-state index in [1.807, 2.05) is 56.3 Å². The number of ether oxygens (including phenoxy) is 1. The molecule has 0 unspecified atom stereocenters. The minimum atomic E-state index is -0.627. The van der Waals surface area contributed by atoms with Gasteiger partial charge in [-0.3, -0.25) is 4.79 Å². The second-order valence-corrected chi connectivity index (χ2v) is 8.05. The van der Waals surface area contributed by atoms with E-state index in [0.717, 1.165) is 36.0 Å². The number of carbonyl (C=O) groups excluding carboxylic acids is 2. The van der Waals surface area contributed by atoms with Crippen molar-refractivity contribution in [3.63, 3.8) is 0 Å². The van der Waals surface area contributed by atoms with Crippen LogP contribution in [0.4, 0.5) is 0 Å². The third-order valence-corrected chi connectivity index (χ3v) is 5.39. The van der Waals surface area contributed by atoms with Crippen LogP contribution in [0, 0.1) is 17.2 Å². The van der Waals surface area contributed by atoms with Crippen LogP contribution in [-0.4, -0.2) is 29.9 Å². The molecule has 0 saturated heterocycles. The van der Waals surface area contributed by atoms with Crippen molar-refractivity contribution < 1.29 is 14.3 Å². The zero-order valence-electron chi connectivity index (χ0n) is 18.9. The van der Waals surface area contributed by atoms with Crippen molar-refractivity contribution in [3.8, 4) is 17.2 Å². The van der Waals surface area contributed by atoms with Gasteiger partial charge < -0.3 is 9.64 Å². The molecular weight excluding hydrogens is 388 g/mol. The van der Waals surface area contributed by atoms with Gasteiger partial charge in [0.15, 0.2) is 0 Å². The Morgan fingerprint density at radius 3 is 2.32 bits per heavy atom. The Hall–Kier alpha value is -3.13. The van der Waals surface area contributed by atoms with Crippen LogP contribution in [-0.2, 0) is 20.9 Å². The van der Waals surface area contributed by atoms with Crippen LogP contribution < -0.4 is 0 Å². The molecule has 1 atom stereocenters. The highest BCUT2D eigenvalue weighted by molar-refractivity contribution is 5.84. The Balaban J connectivity index is 2.29. The highest BCUT2D eigenvalue weighted by Crippen LogP contribution is 2.25. The first-order valence-corrected chi connectivity index (χ1v) is 10.9. The summed E-state index contributed by atoms with van der Waals surface area (Å²) in [6.45, 7) is 6.29. The number of hydrogen-bond acceptors (Lipinski definition) is 4. The van der Waals surface area contributed by atoms with E-state index in [2.05, 4.69) is 13.0 Å². The first-order chi connectivity index (χ1) is 14.9. The van der Waals surface area contributed by atoms with Crippen molar-refractivity contribution in [2.45, 2.75) is 59.0 Å². The molecule has 5 heteroatoms. The average Bonchev–Trinajstić information content (AvgIpc) is 2.78. The van der Waals surface area contributed by atoms with Gasteiger partial charge in [-0.2, -0.15) is 5.26 Å². The molecular formula is C26H32N2O3. The first kappa shape index (κ1) is 24.1. The maximum Gasteiger partial charge on any atom is 0.328 e. The Labute approximate surface area is 185 Å². The van der Waals surface area contributed by atoms with E-state index in [1.54, 1.807) is 11.0 Å². The Morgan fingerprint density at radius 2 is 1.74 bits per heavy atom. The minimum absolute atomic E-state index is 0.0311. The predicted molar refractivity (Wildman–Crippen MR) is 122 cm³/mol. The smallest absolute Gasteiger partial charge is 0.328 e. The van der Waals surface area contributed by atoms with Gasteiger partial charge in [0.1, 0.15) is 6.04 Å². The molecule has 1 amide bonds. The molecule has 31 heavy (non-hydrogen) atoms. The van der Waals surface area contributed by atoms with Gasteiger partial charge in [0.05, 0.1) is 18.7 Å². The molecule has 0 radical (unpaired) electrons. The number of carbonyl (C=O) groups is 2. The number of hydrogen-bond donors (Lipinski definition) is 0. The summed E-state index contributed by atoms with van der Waals surface area (Å²) in [6.07, 6.45) is 3.24. The van der Waals surface area contributed by atoms with E-state index in [1.165, 1.54) is 7.11 Å². The van der Waals surface area contributed by atoms with Gasteiger partial charge >= 0.3 is 5.97 Å². The van der Waals surface area contributed by atoms with Gasteiger partial charge in [0.2, 0.25) is 5.91 Å². The monoisotopic (exact) mass is 420 g/mol. The summed E-state index contributed by atoms with van der Waals surface area (Å²) in [6, 6.07) is 16.9. The van der Waals surface area contributed by atoms with Crippen LogP contribution in [0.1, 0.15) is 57.6 Å². The van der Waals surface area contributed by atoms with E-state index in [9.17, 15) is 14.9 Å². The number of nitrogens with zero attached hydrogens (tertiary/aromatic N) is 2. The number of unbranched alkanes of at least 4 members (excludes halogenated alkanes) is 2. The van der Waals surface area contributed by atoms with Gasteiger partial charge in [0.25, 0.3) is 0 Å². The molecule has 0 aliphatic carbocycles. The fourth-order valence-electron chi connectivity index (χ4n) is 3.71. The highest BCUT2D eigenvalue weighted by Gasteiger charge is 2.33. The lowest BCUT2D eigenvalue weighted by molar-refractivity contribution is -0.155. The van der Waals surface area contributed by atoms with E-state index in [4.69, 9.17) is 4.74 Å². The molecule has 0 aliphatic rings. The normalized spacial score (nSPS) is 11.6. The minimum Gasteiger partial charge on any atom is -0.467 e. The third-order valence-electron chi connectivity index (χ3n) is 5.39. The van der Waals surface area contributed by atoms with Crippen LogP contribution in [0.3, 0.4) is 0 Å². The Morgan fingerprint density at radius 1 is 1.06 bits per heavy atom. The van der Waals surface area contributed by atoms with Crippen molar-refractivity contribution >= 4 is 11.9 Å². The van der Waals surface area contributed by atoms with Gasteiger partial charge in [-0.1, -0.05) is 76.1 Å². The topological polar surface area (TPSA) is 70.4 Å². The summed E-state index contributed by atoms with van der Waals surface area (Å²) in [5, 5.41) is 9.35. The fraction of sp³-hybridized carbons (Fsp3) is 0.423. The molecule has 0 aliphatic heterocycles. The average molecular weight is 421 g/mol. The molecule has 2 rings (SSSR count). The summed E-state index contributed by atoms with van der Waals surface area (Å²) in [5.74, 6) is -0.487. The maximum atomic E-state index is 13.0. The summed E-state index contributed by atoms with van der Waals surface area (Å²) in [7, 11) is 1.36. The maximum absolute atomic E-state index is 13.0. The lowest BCUT2D eigenvalue weighted by Crippen LogP contribution is -2.48. The van der Waals surface area contributed by atoms with Crippen LogP contribution >= 0.6 is 0 Å². The zero-order chi connectivity index (χ0) is 22.8. The van der Waals surface area contributed by atoms with E-state index in [0.29, 0.717) is 18.5 Å². The summed E-state index contributed by atoms with van der Waals surface area (Å²) in [4.78, 5) is 27.2. The molecule has 0 heterocycles. The van der Waals surface area contributed by atoms with Crippen molar-refractivity contribution in [3.05, 3.63) is 59.7 Å². The quantitative estimate of drug-likeness (QED) is 0.385. The summed E-state index contributed by atoms with van der Waals surface area (Å²) >= 11 is 0. The van der Waals surface area contributed by atoms with E-state index in [-0.39, 0.29) is 11.8 Å². The van der Waals surface area contributed by atoms with Gasteiger partial charge in [-0.25, -0.2) is 4.79 Å². The van der Waals surface area contributed by atoms with Crippen LogP contribution in [0.15, 0.2) is 48.5 Å². The van der Waals surface area contributed by atoms with Gasteiger partial charge in [-0.15, -0.1) is 0 Å². The van der Waals surface area contributed by atoms with Crippen LogP contribution in [0.5, 0.6) is 0 Å². The Kier molecular flexibility index (Phi) is 9.27. The Bertz CT molecular complexity index is 913. The molecule has 164 valence electrons. The van der Waals surface area contributed by atoms with Gasteiger partial charge in [0, 0.05) is 13.0 Å². The second-order valence-electron chi connectivity index (χ2n) is 8.05. The molecule has 0 fully saturated rings. The summed E-state index contributed by atoms with van der Waals surface area (Å²) < 4.78 is 5.01. The number of methoxy groups -OCH3 is 1. The zero-order valence-corrected chi connectivity index (χ0v) is 18.9. The largest absolute Gasteiger partial charge is 0.467 e. The van der Waals surface area contributed by atoms with E-state index >= 15 is 0 Å². The molecule has 0 spiro atoms. The number of benzene rings is 2. The van der Waals surface area contributed by atoms with Crippen molar-refractivity contribution in [1.82, 2.24) is 4.90 Å². The molecule has 2 aromatic carbocycles. The van der Waals surface area contributed by atoms with Crippen molar-refractivity contribution in [1.29, 1.82) is 5.26 Å². The highest BCUT2D eigenvalue weighted by atomic mass is 16.5. The molecule has 0 N–H and O–H groups in total. The molecule has 0 bridgehead atoms. The van der Waals surface area contributed by atoms with Crippen LogP contribution in [0.2, 0.25) is 0 Å². The summed E-state index contributed by atoms with van der Waals surface area (Å²) in [5.41, 5.74) is 3.36. The second kappa shape index (κ2) is 11.9. The van der Waals surface area contributed by atoms with E-state index < -0.39 is 12.0 Å². The first-order valence-electron chi connectivity index (χ1n) is 10.9. The van der Waals surface area contributed by atoms with Crippen LogP contribution in [0.25, 0.3) is 11.1 Å². The number of nitriles is 1. The lowest BCUT2D eigenvalue weighted by Gasteiger charge is -2.32. The molecule has 0 saturated carbocycles. The van der Waals surface area contributed by atoms with Gasteiger partial charge in [-0.05, 0) is 35.1 Å². The SMILES string of the molecule is CCCCCC(=O)N(Cc1ccc(-c2ccccc2C#N)cc1)[C@H](C(=O)OC)C(C)C. The lowest BCUT2D eigenvalue weighted by atomic mass is 9.98. The third kappa shape index (κ3) is 6.42. The fourth-order valence-corrected chi connectivity index (χ4v) is 3.71. The van der Waals surface area contributed by atoms with Crippen molar-refractivity contribution in [2.75, 3.05) is 7.11 Å². The number of esters is 1. The predicted octanol–water partition coefficient (Wildman–Crippen LogP) is 5.33. The number of amides is 1. The standard InChI is InChI=1S/C26H32N2O3/c1-5-6-7-12-24(29)28(25(19(2)3)26(30)31-4)18-20-13-15-21(16-14-20)23-11-9-8-10-22(23)17-27/h8-11,13-16,19,25H,5-7,12,18H2,1-4H3/t25-/m0/s1. The molecule has 5 nitrogen and oxygen atoms in total. The molecule has 0 aromatic heterocycles. The molecule has 2 aromatic rings. The number of rotatable bonds is 10. The van der Waals surface area contributed by atoms with Crippen molar-refractivity contribution in [2.24, 2.45) is 5.92 Å².